The molecule has 2 aromatic carbocycles. The predicted octanol–water partition coefficient (Wildman–Crippen LogP) is 3.75. The highest BCUT2D eigenvalue weighted by Crippen LogP contribution is 2.26. The number of hydrogen-bond donors (Lipinski definition) is 0. The highest BCUT2D eigenvalue weighted by atomic mass is 35.5. The summed E-state index contributed by atoms with van der Waals surface area (Å²) in [6.07, 6.45) is 0. The Hall–Kier alpha value is -1.76. The van der Waals surface area contributed by atoms with Crippen molar-refractivity contribution in [3.05, 3.63) is 52.5 Å². The first kappa shape index (κ1) is 18.6. The van der Waals surface area contributed by atoms with Crippen molar-refractivity contribution < 1.29 is 22.1 Å². The molecule has 0 aliphatic carbocycles. The first-order valence-electron chi connectivity index (χ1n) is 7.26. The van der Waals surface area contributed by atoms with Crippen LogP contribution in [0, 0.1) is 13.8 Å². The molecule has 2 aromatic rings. The standard InChI is InChI=1S/C17H19ClO5S/c1-12-10-14(4-6-16(12)18)23-24(19,20)15-5-7-17(13(2)11-15)22-9-8-21-3/h4-7,10-11H,8-9H2,1-3H3. The summed E-state index contributed by atoms with van der Waals surface area (Å²) in [6.45, 7) is 4.40. The topological polar surface area (TPSA) is 61.8 Å². The SMILES string of the molecule is COCCOc1ccc(S(=O)(=O)Oc2ccc(Cl)c(C)c2)cc1C. The van der Waals surface area contributed by atoms with Crippen molar-refractivity contribution in [3.8, 4) is 11.5 Å². The molecule has 0 saturated carbocycles. The van der Waals surface area contributed by atoms with Gasteiger partial charge < -0.3 is 13.7 Å². The van der Waals surface area contributed by atoms with Crippen LogP contribution in [0.4, 0.5) is 0 Å². The van der Waals surface area contributed by atoms with E-state index in [-0.39, 0.29) is 10.6 Å². The zero-order valence-corrected chi connectivity index (χ0v) is 15.3. The second-order valence-electron chi connectivity index (χ2n) is 5.22. The molecule has 130 valence electrons. The van der Waals surface area contributed by atoms with Gasteiger partial charge in [-0.05, 0) is 61.4 Å². The van der Waals surface area contributed by atoms with Gasteiger partial charge in [0.25, 0.3) is 0 Å². The largest absolute Gasteiger partial charge is 0.491 e. The summed E-state index contributed by atoms with van der Waals surface area (Å²) in [6, 6.07) is 9.26. The Kier molecular flexibility index (Phi) is 6.10. The molecule has 7 heteroatoms. The van der Waals surface area contributed by atoms with Crippen molar-refractivity contribution in [2.24, 2.45) is 0 Å². The summed E-state index contributed by atoms with van der Waals surface area (Å²) in [5.74, 6) is 0.823. The number of benzene rings is 2. The van der Waals surface area contributed by atoms with Crippen LogP contribution in [0.25, 0.3) is 0 Å². The summed E-state index contributed by atoms with van der Waals surface area (Å²) in [5.41, 5.74) is 1.44. The van der Waals surface area contributed by atoms with E-state index in [0.29, 0.717) is 29.5 Å². The van der Waals surface area contributed by atoms with Gasteiger partial charge in [-0.15, -0.1) is 0 Å². The van der Waals surface area contributed by atoms with Crippen LogP contribution in [0.15, 0.2) is 41.3 Å². The highest BCUT2D eigenvalue weighted by Gasteiger charge is 2.18. The van der Waals surface area contributed by atoms with E-state index < -0.39 is 10.1 Å². The minimum absolute atomic E-state index is 0.0618. The van der Waals surface area contributed by atoms with Gasteiger partial charge in [-0.25, -0.2) is 0 Å². The Morgan fingerprint density at radius 1 is 1.00 bits per heavy atom. The molecule has 0 N–H and O–H groups in total. The lowest BCUT2D eigenvalue weighted by Crippen LogP contribution is -2.11. The molecule has 0 radical (unpaired) electrons. The molecule has 0 aliphatic heterocycles. The Morgan fingerprint density at radius 3 is 2.38 bits per heavy atom. The van der Waals surface area contributed by atoms with Crippen molar-refractivity contribution in [1.82, 2.24) is 0 Å². The summed E-state index contributed by atoms with van der Waals surface area (Å²) in [7, 11) is -2.35. The van der Waals surface area contributed by atoms with Crippen LogP contribution in [0.2, 0.25) is 5.02 Å². The van der Waals surface area contributed by atoms with Crippen molar-refractivity contribution in [2.75, 3.05) is 20.3 Å². The van der Waals surface area contributed by atoms with E-state index in [1.165, 1.54) is 18.2 Å². The molecule has 0 saturated heterocycles. The van der Waals surface area contributed by atoms with Crippen LogP contribution in [-0.2, 0) is 14.9 Å². The van der Waals surface area contributed by atoms with E-state index in [4.69, 9.17) is 25.3 Å². The smallest absolute Gasteiger partial charge is 0.339 e. The molecule has 0 unspecified atom stereocenters. The first-order chi connectivity index (χ1) is 11.3. The number of ether oxygens (including phenoxy) is 2. The zero-order valence-electron chi connectivity index (χ0n) is 13.7. The number of halogens is 1. The van der Waals surface area contributed by atoms with Crippen LogP contribution in [0.1, 0.15) is 11.1 Å². The minimum Gasteiger partial charge on any atom is -0.491 e. The Labute approximate surface area is 147 Å². The van der Waals surface area contributed by atoms with Crippen LogP contribution in [0.3, 0.4) is 0 Å². The molecule has 2 rings (SSSR count). The number of aryl methyl sites for hydroxylation is 2. The van der Waals surface area contributed by atoms with Crippen LogP contribution >= 0.6 is 11.6 Å². The molecule has 0 fully saturated rings. The molecule has 0 atom stereocenters. The fraction of sp³-hybridized carbons (Fsp3) is 0.294. The number of methoxy groups -OCH3 is 1. The molecule has 0 spiro atoms. The van der Waals surface area contributed by atoms with E-state index in [1.807, 2.05) is 0 Å². The van der Waals surface area contributed by atoms with E-state index in [2.05, 4.69) is 0 Å². The molecule has 0 bridgehead atoms. The van der Waals surface area contributed by atoms with Crippen LogP contribution in [-0.4, -0.2) is 28.7 Å². The lowest BCUT2D eigenvalue weighted by Gasteiger charge is -2.12. The quantitative estimate of drug-likeness (QED) is 0.548. The van der Waals surface area contributed by atoms with Crippen molar-refractivity contribution >= 4 is 21.7 Å². The van der Waals surface area contributed by atoms with Gasteiger partial charge >= 0.3 is 10.1 Å². The second-order valence-corrected chi connectivity index (χ2v) is 7.17. The monoisotopic (exact) mass is 370 g/mol. The minimum atomic E-state index is -3.93. The van der Waals surface area contributed by atoms with Crippen molar-refractivity contribution in [1.29, 1.82) is 0 Å². The Balaban J connectivity index is 2.19. The average Bonchev–Trinajstić information content (AvgIpc) is 2.52. The molecule has 0 aromatic heterocycles. The maximum absolute atomic E-state index is 12.4. The second kappa shape index (κ2) is 7.88. The van der Waals surface area contributed by atoms with Gasteiger partial charge in [0.1, 0.15) is 23.0 Å². The van der Waals surface area contributed by atoms with E-state index in [9.17, 15) is 8.42 Å². The maximum Gasteiger partial charge on any atom is 0.339 e. The third-order valence-corrected chi connectivity index (χ3v) is 4.98. The third kappa shape index (κ3) is 4.63. The fourth-order valence-electron chi connectivity index (χ4n) is 2.02. The lowest BCUT2D eigenvalue weighted by molar-refractivity contribution is 0.146. The summed E-state index contributed by atoms with van der Waals surface area (Å²) >= 11 is 5.93. The normalized spacial score (nSPS) is 11.3. The van der Waals surface area contributed by atoms with Gasteiger partial charge in [-0.2, -0.15) is 8.42 Å². The summed E-state index contributed by atoms with van der Waals surface area (Å²) in [4.78, 5) is 0.0618. The van der Waals surface area contributed by atoms with Crippen LogP contribution in [0.5, 0.6) is 11.5 Å². The van der Waals surface area contributed by atoms with E-state index >= 15 is 0 Å². The first-order valence-corrected chi connectivity index (χ1v) is 9.05. The fourth-order valence-corrected chi connectivity index (χ4v) is 3.14. The Bertz CT molecular complexity index is 818. The average molecular weight is 371 g/mol. The van der Waals surface area contributed by atoms with Gasteiger partial charge in [0.15, 0.2) is 0 Å². The third-order valence-electron chi connectivity index (χ3n) is 3.32. The highest BCUT2D eigenvalue weighted by molar-refractivity contribution is 7.87. The number of rotatable bonds is 7. The predicted molar refractivity (Wildman–Crippen MR) is 92.6 cm³/mol. The molecule has 0 heterocycles. The molecule has 24 heavy (non-hydrogen) atoms. The van der Waals surface area contributed by atoms with Gasteiger partial charge in [0, 0.05) is 12.1 Å². The summed E-state index contributed by atoms with van der Waals surface area (Å²) in [5, 5.41) is 0.549. The Morgan fingerprint density at radius 2 is 1.75 bits per heavy atom. The number of hydrogen-bond acceptors (Lipinski definition) is 5. The van der Waals surface area contributed by atoms with Gasteiger partial charge in [-0.1, -0.05) is 11.6 Å². The molecule has 5 nitrogen and oxygen atoms in total. The maximum atomic E-state index is 12.4. The van der Waals surface area contributed by atoms with Gasteiger partial charge in [0.05, 0.1) is 6.61 Å². The van der Waals surface area contributed by atoms with E-state index in [1.54, 1.807) is 39.2 Å². The molecular formula is C17H19ClO5S. The summed E-state index contributed by atoms with van der Waals surface area (Å²) < 4.78 is 40.4. The van der Waals surface area contributed by atoms with Gasteiger partial charge in [-0.3, -0.25) is 0 Å². The van der Waals surface area contributed by atoms with E-state index in [0.717, 1.165) is 5.56 Å². The molecule has 0 amide bonds. The lowest BCUT2D eigenvalue weighted by atomic mass is 10.2. The van der Waals surface area contributed by atoms with Crippen molar-refractivity contribution in [3.63, 3.8) is 0 Å². The van der Waals surface area contributed by atoms with Gasteiger partial charge in [0.2, 0.25) is 0 Å². The van der Waals surface area contributed by atoms with Crippen LogP contribution < -0.4 is 8.92 Å². The zero-order chi connectivity index (χ0) is 17.7. The molecule has 0 aliphatic rings. The molecular weight excluding hydrogens is 352 g/mol. The van der Waals surface area contributed by atoms with Crippen molar-refractivity contribution in [2.45, 2.75) is 18.7 Å².